The second-order valence-corrected chi connectivity index (χ2v) is 8.58. The van der Waals surface area contributed by atoms with Gasteiger partial charge in [-0.2, -0.15) is 4.31 Å². The number of amides is 1. The van der Waals surface area contributed by atoms with E-state index in [4.69, 9.17) is 11.6 Å². The van der Waals surface area contributed by atoms with Crippen LogP contribution in [-0.2, 0) is 10.0 Å². The van der Waals surface area contributed by atoms with Gasteiger partial charge in [0.1, 0.15) is 0 Å². The average molecular weight is 394 g/mol. The molecule has 0 saturated carbocycles. The van der Waals surface area contributed by atoms with E-state index < -0.39 is 15.9 Å². The molecular weight excluding hydrogens is 374 g/mol. The summed E-state index contributed by atoms with van der Waals surface area (Å²) in [7, 11) is -3.61. The molecule has 1 aromatic carbocycles. The van der Waals surface area contributed by atoms with E-state index in [-0.39, 0.29) is 21.5 Å². The number of benzene rings is 1. The van der Waals surface area contributed by atoms with Gasteiger partial charge in [-0.25, -0.2) is 8.42 Å². The number of hydrogen-bond acceptors (Lipinski definition) is 4. The van der Waals surface area contributed by atoms with Gasteiger partial charge in [-0.3, -0.25) is 9.78 Å². The van der Waals surface area contributed by atoms with Crippen LogP contribution in [0.15, 0.2) is 47.6 Å². The van der Waals surface area contributed by atoms with Crippen LogP contribution < -0.4 is 5.32 Å². The highest BCUT2D eigenvalue weighted by molar-refractivity contribution is 7.89. The maximum absolute atomic E-state index is 12.7. The third-order valence-electron chi connectivity index (χ3n) is 4.42. The van der Waals surface area contributed by atoms with E-state index >= 15 is 0 Å². The molecule has 1 aliphatic rings. The fourth-order valence-electron chi connectivity index (χ4n) is 2.91. The van der Waals surface area contributed by atoms with Crippen molar-refractivity contribution < 1.29 is 13.2 Å². The Labute approximate surface area is 158 Å². The van der Waals surface area contributed by atoms with Crippen molar-refractivity contribution in [2.24, 2.45) is 0 Å². The number of carbonyl (C=O) groups is 1. The number of sulfonamides is 1. The molecule has 0 radical (unpaired) electrons. The van der Waals surface area contributed by atoms with Crippen LogP contribution in [0.2, 0.25) is 5.02 Å². The number of carbonyl (C=O) groups excluding carboxylic acids is 1. The predicted octanol–water partition coefficient (Wildman–Crippen LogP) is 3.01. The molecule has 1 fully saturated rings. The summed E-state index contributed by atoms with van der Waals surface area (Å²) in [5.74, 6) is -0.426. The molecular formula is C18H20ClN3O3S. The summed E-state index contributed by atoms with van der Waals surface area (Å²) in [5, 5.41) is 3.04. The highest BCUT2D eigenvalue weighted by Gasteiger charge is 2.28. The SMILES string of the molecule is CC(NC(=O)c1cc(S(=O)(=O)N2CCCC2)ccc1Cl)c1cccnc1. The lowest BCUT2D eigenvalue weighted by Gasteiger charge is -2.17. The van der Waals surface area contributed by atoms with Crippen molar-refractivity contribution in [3.05, 3.63) is 58.9 Å². The first-order chi connectivity index (χ1) is 12.4. The molecule has 0 bridgehead atoms. The topological polar surface area (TPSA) is 79.4 Å². The number of nitrogens with one attached hydrogen (secondary N) is 1. The molecule has 0 aliphatic carbocycles. The number of aromatic nitrogens is 1. The quantitative estimate of drug-likeness (QED) is 0.846. The monoisotopic (exact) mass is 393 g/mol. The van der Waals surface area contributed by atoms with Gasteiger partial charge in [-0.05, 0) is 49.6 Å². The lowest BCUT2D eigenvalue weighted by atomic mass is 10.1. The zero-order chi connectivity index (χ0) is 18.7. The Morgan fingerprint density at radius 2 is 2.00 bits per heavy atom. The summed E-state index contributed by atoms with van der Waals surface area (Å²) < 4.78 is 26.9. The van der Waals surface area contributed by atoms with E-state index in [0.29, 0.717) is 13.1 Å². The maximum atomic E-state index is 12.7. The minimum absolute atomic E-state index is 0.0861. The number of rotatable bonds is 5. The molecule has 1 atom stereocenters. The van der Waals surface area contributed by atoms with Crippen molar-refractivity contribution >= 4 is 27.5 Å². The molecule has 2 aromatic rings. The number of hydrogen-bond donors (Lipinski definition) is 1. The first kappa shape index (κ1) is 18.8. The molecule has 1 saturated heterocycles. The normalized spacial score (nSPS) is 16.4. The van der Waals surface area contributed by atoms with Gasteiger partial charge in [0.15, 0.2) is 0 Å². The van der Waals surface area contributed by atoms with Gasteiger partial charge in [0.2, 0.25) is 10.0 Å². The standard InChI is InChI=1S/C18H20ClN3O3S/c1-13(14-5-4-8-20-12-14)21-18(23)16-11-15(6-7-17(16)19)26(24,25)22-9-2-3-10-22/h4-8,11-13H,2-3,9-10H2,1H3,(H,21,23). The van der Waals surface area contributed by atoms with Crippen LogP contribution in [0.1, 0.15) is 41.7 Å². The number of pyridine rings is 1. The van der Waals surface area contributed by atoms with Gasteiger partial charge in [0.25, 0.3) is 5.91 Å². The Morgan fingerprint density at radius 3 is 2.65 bits per heavy atom. The minimum atomic E-state index is -3.61. The van der Waals surface area contributed by atoms with E-state index in [1.165, 1.54) is 22.5 Å². The Hall–Kier alpha value is -1.96. The Kier molecular flexibility index (Phi) is 5.60. The molecule has 0 spiro atoms. The first-order valence-electron chi connectivity index (χ1n) is 8.40. The van der Waals surface area contributed by atoms with Gasteiger partial charge >= 0.3 is 0 Å². The summed E-state index contributed by atoms with van der Waals surface area (Å²) >= 11 is 6.15. The van der Waals surface area contributed by atoms with Crippen molar-refractivity contribution in [1.29, 1.82) is 0 Å². The predicted molar refractivity (Wildman–Crippen MR) is 99.6 cm³/mol. The van der Waals surface area contributed by atoms with Gasteiger partial charge in [0, 0.05) is 25.5 Å². The number of nitrogens with zero attached hydrogens (tertiary/aromatic N) is 2. The van der Waals surface area contributed by atoms with Gasteiger partial charge in [-0.1, -0.05) is 17.7 Å². The smallest absolute Gasteiger partial charge is 0.253 e. The van der Waals surface area contributed by atoms with Gasteiger partial charge in [-0.15, -0.1) is 0 Å². The zero-order valence-corrected chi connectivity index (χ0v) is 15.9. The van der Waals surface area contributed by atoms with Crippen molar-refractivity contribution in [2.45, 2.75) is 30.7 Å². The molecule has 1 aromatic heterocycles. The average Bonchev–Trinajstić information content (AvgIpc) is 3.18. The summed E-state index contributed by atoms with van der Waals surface area (Å²) in [4.78, 5) is 16.7. The second kappa shape index (κ2) is 7.73. The summed E-state index contributed by atoms with van der Waals surface area (Å²) in [6.07, 6.45) is 5.02. The van der Waals surface area contributed by atoms with Crippen molar-refractivity contribution in [3.63, 3.8) is 0 Å². The van der Waals surface area contributed by atoms with Crippen LogP contribution in [0.4, 0.5) is 0 Å². The van der Waals surface area contributed by atoms with Crippen LogP contribution in [-0.4, -0.2) is 36.7 Å². The Balaban J connectivity index is 1.84. The van der Waals surface area contributed by atoms with Gasteiger partial charge < -0.3 is 5.32 Å². The molecule has 1 amide bonds. The summed E-state index contributed by atoms with van der Waals surface area (Å²) in [6.45, 7) is 2.84. The van der Waals surface area contributed by atoms with E-state index in [9.17, 15) is 13.2 Å². The van der Waals surface area contributed by atoms with E-state index in [1.54, 1.807) is 18.5 Å². The highest BCUT2D eigenvalue weighted by atomic mass is 35.5. The zero-order valence-electron chi connectivity index (χ0n) is 14.4. The van der Waals surface area contributed by atoms with Crippen LogP contribution >= 0.6 is 11.6 Å². The van der Waals surface area contributed by atoms with E-state index in [2.05, 4.69) is 10.3 Å². The second-order valence-electron chi connectivity index (χ2n) is 6.23. The van der Waals surface area contributed by atoms with E-state index in [0.717, 1.165) is 18.4 Å². The molecule has 1 aliphatic heterocycles. The van der Waals surface area contributed by atoms with Gasteiger partial charge in [0.05, 0.1) is 21.5 Å². The lowest BCUT2D eigenvalue weighted by molar-refractivity contribution is 0.0940. The first-order valence-corrected chi connectivity index (χ1v) is 10.2. The highest BCUT2D eigenvalue weighted by Crippen LogP contribution is 2.25. The molecule has 2 heterocycles. The van der Waals surface area contributed by atoms with Crippen LogP contribution in [0.25, 0.3) is 0 Å². The van der Waals surface area contributed by atoms with Crippen molar-refractivity contribution in [3.8, 4) is 0 Å². The lowest BCUT2D eigenvalue weighted by Crippen LogP contribution is -2.29. The number of halogens is 1. The summed E-state index contributed by atoms with van der Waals surface area (Å²) in [5.41, 5.74) is 0.987. The fraction of sp³-hybridized carbons (Fsp3) is 0.333. The Bertz CT molecular complexity index is 897. The molecule has 3 rings (SSSR count). The van der Waals surface area contributed by atoms with Crippen molar-refractivity contribution in [2.75, 3.05) is 13.1 Å². The van der Waals surface area contributed by atoms with Crippen LogP contribution in [0, 0.1) is 0 Å². The largest absolute Gasteiger partial charge is 0.345 e. The molecule has 1 unspecified atom stereocenters. The van der Waals surface area contributed by atoms with Crippen LogP contribution in [0.5, 0.6) is 0 Å². The van der Waals surface area contributed by atoms with Crippen LogP contribution in [0.3, 0.4) is 0 Å². The maximum Gasteiger partial charge on any atom is 0.253 e. The fourth-order valence-corrected chi connectivity index (χ4v) is 4.65. The minimum Gasteiger partial charge on any atom is -0.345 e. The molecule has 138 valence electrons. The Morgan fingerprint density at radius 1 is 1.27 bits per heavy atom. The van der Waals surface area contributed by atoms with Crippen molar-refractivity contribution in [1.82, 2.24) is 14.6 Å². The summed E-state index contributed by atoms with van der Waals surface area (Å²) in [6, 6.07) is 7.60. The molecule has 8 heteroatoms. The molecule has 1 N–H and O–H groups in total. The van der Waals surface area contributed by atoms with E-state index in [1.807, 2.05) is 13.0 Å². The third-order valence-corrected chi connectivity index (χ3v) is 6.64. The molecule has 26 heavy (non-hydrogen) atoms. The molecule has 6 nitrogen and oxygen atoms in total. The third kappa shape index (κ3) is 3.90.